The predicted molar refractivity (Wildman–Crippen MR) is 76.5 cm³/mol. The summed E-state index contributed by atoms with van der Waals surface area (Å²) in [6.45, 7) is 4.19. The first-order chi connectivity index (χ1) is 9.66. The number of hydrogen-bond donors (Lipinski definition) is 1. The lowest BCUT2D eigenvalue weighted by Gasteiger charge is -2.17. The van der Waals surface area contributed by atoms with E-state index >= 15 is 0 Å². The van der Waals surface area contributed by atoms with Gasteiger partial charge in [0, 0.05) is 12.4 Å². The Balaban J connectivity index is 1.78. The second kappa shape index (κ2) is 6.75. The van der Waals surface area contributed by atoms with Gasteiger partial charge in [0.15, 0.2) is 0 Å². The van der Waals surface area contributed by atoms with Gasteiger partial charge >= 0.3 is 0 Å². The second-order valence-electron chi connectivity index (χ2n) is 4.65. The maximum Gasteiger partial charge on any atom is 0.244 e. The van der Waals surface area contributed by atoms with Crippen molar-refractivity contribution in [2.24, 2.45) is 0 Å². The number of nitrogens with one attached hydrogen (secondary N) is 1. The van der Waals surface area contributed by atoms with Gasteiger partial charge in [0.25, 0.3) is 0 Å². The van der Waals surface area contributed by atoms with E-state index in [9.17, 15) is 4.79 Å². The summed E-state index contributed by atoms with van der Waals surface area (Å²) in [5.74, 6) is 0.728. The molecule has 0 radical (unpaired) electrons. The average Bonchev–Trinajstić information content (AvgIpc) is 2.99. The van der Waals surface area contributed by atoms with Gasteiger partial charge in [-0.1, -0.05) is 18.2 Å². The Morgan fingerprint density at radius 1 is 1.30 bits per heavy atom. The number of carbonyl (C=O) groups excluding carboxylic acids is 1. The third kappa shape index (κ3) is 3.85. The zero-order valence-corrected chi connectivity index (χ0v) is 11.7. The second-order valence-corrected chi connectivity index (χ2v) is 4.65. The van der Waals surface area contributed by atoms with Crippen LogP contribution in [0.3, 0.4) is 0 Å². The molecule has 1 aromatic heterocycles. The van der Waals surface area contributed by atoms with Crippen LogP contribution in [-0.2, 0) is 4.79 Å². The summed E-state index contributed by atoms with van der Waals surface area (Å²) in [6, 6.07) is 11.0. The molecule has 0 spiro atoms. The van der Waals surface area contributed by atoms with Gasteiger partial charge in [-0.2, -0.15) is 5.10 Å². The predicted octanol–water partition coefficient (Wildman–Crippen LogP) is 2.03. The maximum absolute atomic E-state index is 12.0. The molecule has 0 aliphatic carbocycles. The van der Waals surface area contributed by atoms with Gasteiger partial charge in [-0.15, -0.1) is 0 Å². The molecule has 2 aromatic rings. The molecule has 0 saturated carbocycles. The van der Waals surface area contributed by atoms with Crippen molar-refractivity contribution in [3.8, 4) is 5.75 Å². The Morgan fingerprint density at radius 2 is 2.05 bits per heavy atom. The maximum atomic E-state index is 12.0. The molecular formula is C15H19N3O2. The van der Waals surface area contributed by atoms with Crippen LogP contribution in [0.4, 0.5) is 0 Å². The van der Waals surface area contributed by atoms with Crippen molar-refractivity contribution in [2.75, 3.05) is 6.54 Å². The van der Waals surface area contributed by atoms with E-state index in [1.54, 1.807) is 23.1 Å². The molecule has 2 rings (SSSR count). The summed E-state index contributed by atoms with van der Waals surface area (Å²) >= 11 is 0. The fraction of sp³-hybridized carbons (Fsp3) is 0.333. The lowest BCUT2D eigenvalue weighted by atomic mass is 10.3. The van der Waals surface area contributed by atoms with Crippen molar-refractivity contribution in [1.82, 2.24) is 15.1 Å². The Bertz CT molecular complexity index is 525. The van der Waals surface area contributed by atoms with E-state index in [4.69, 9.17) is 4.74 Å². The van der Waals surface area contributed by atoms with Crippen LogP contribution in [0.5, 0.6) is 5.75 Å². The van der Waals surface area contributed by atoms with E-state index < -0.39 is 0 Å². The standard InChI is InChI=1S/C15H19N3O2/c1-12(20-14-7-4-3-5-8-14)11-16-15(19)13(2)18-10-6-9-17-18/h3-10,12-13H,11H2,1-2H3,(H,16,19)/t12-,13+/m0/s1. The van der Waals surface area contributed by atoms with E-state index in [2.05, 4.69) is 10.4 Å². The number of para-hydroxylation sites is 1. The number of amides is 1. The van der Waals surface area contributed by atoms with Crippen LogP contribution >= 0.6 is 0 Å². The average molecular weight is 273 g/mol. The molecule has 2 atom stereocenters. The molecule has 1 N–H and O–H groups in total. The SMILES string of the molecule is C[C@H](C(=O)NC[C@H](C)Oc1ccccc1)n1cccn1. The van der Waals surface area contributed by atoms with Crippen LogP contribution in [0.2, 0.25) is 0 Å². The summed E-state index contributed by atoms with van der Waals surface area (Å²) in [5.41, 5.74) is 0. The Kier molecular flexibility index (Phi) is 4.76. The lowest BCUT2D eigenvalue weighted by molar-refractivity contribution is -0.124. The number of rotatable bonds is 6. The van der Waals surface area contributed by atoms with E-state index in [1.165, 1.54) is 0 Å². The van der Waals surface area contributed by atoms with Crippen LogP contribution in [0.15, 0.2) is 48.8 Å². The third-order valence-electron chi connectivity index (χ3n) is 2.95. The van der Waals surface area contributed by atoms with Crippen molar-refractivity contribution in [1.29, 1.82) is 0 Å². The first kappa shape index (κ1) is 14.1. The number of hydrogen-bond acceptors (Lipinski definition) is 3. The topological polar surface area (TPSA) is 56.1 Å². The summed E-state index contributed by atoms with van der Waals surface area (Å²) in [7, 11) is 0. The molecular weight excluding hydrogens is 254 g/mol. The normalized spacial score (nSPS) is 13.5. The number of ether oxygens (including phenoxy) is 1. The molecule has 1 heterocycles. The monoisotopic (exact) mass is 273 g/mol. The molecule has 0 bridgehead atoms. The molecule has 0 saturated heterocycles. The fourth-order valence-corrected chi connectivity index (χ4v) is 1.79. The largest absolute Gasteiger partial charge is 0.489 e. The van der Waals surface area contributed by atoms with Crippen molar-refractivity contribution in [2.45, 2.75) is 26.0 Å². The van der Waals surface area contributed by atoms with Crippen LogP contribution in [0, 0.1) is 0 Å². The van der Waals surface area contributed by atoms with Crippen LogP contribution in [0.25, 0.3) is 0 Å². The summed E-state index contributed by atoms with van der Waals surface area (Å²) in [4.78, 5) is 12.0. The van der Waals surface area contributed by atoms with Crippen molar-refractivity contribution in [3.63, 3.8) is 0 Å². The number of carbonyl (C=O) groups is 1. The summed E-state index contributed by atoms with van der Waals surface area (Å²) in [6.07, 6.45) is 3.34. The van der Waals surface area contributed by atoms with Gasteiger partial charge in [-0.25, -0.2) is 0 Å². The van der Waals surface area contributed by atoms with Crippen LogP contribution in [-0.4, -0.2) is 28.3 Å². The number of aromatic nitrogens is 2. The molecule has 106 valence electrons. The molecule has 0 unspecified atom stereocenters. The van der Waals surface area contributed by atoms with Gasteiger partial charge in [-0.05, 0) is 32.0 Å². The molecule has 0 aliphatic heterocycles. The van der Waals surface area contributed by atoms with E-state index in [0.29, 0.717) is 6.54 Å². The molecule has 1 aromatic carbocycles. The lowest BCUT2D eigenvalue weighted by Crippen LogP contribution is -2.37. The Hall–Kier alpha value is -2.30. The van der Waals surface area contributed by atoms with Crippen LogP contribution < -0.4 is 10.1 Å². The zero-order valence-electron chi connectivity index (χ0n) is 11.7. The number of nitrogens with zero attached hydrogens (tertiary/aromatic N) is 2. The smallest absolute Gasteiger partial charge is 0.244 e. The minimum atomic E-state index is -0.325. The van der Waals surface area contributed by atoms with Gasteiger partial charge < -0.3 is 10.1 Å². The first-order valence-corrected chi connectivity index (χ1v) is 6.65. The minimum absolute atomic E-state index is 0.0720. The van der Waals surface area contributed by atoms with Gasteiger partial charge in [0.05, 0.1) is 6.54 Å². The van der Waals surface area contributed by atoms with E-state index in [-0.39, 0.29) is 18.1 Å². The number of benzene rings is 1. The fourth-order valence-electron chi connectivity index (χ4n) is 1.79. The molecule has 5 nitrogen and oxygen atoms in total. The summed E-state index contributed by atoms with van der Waals surface area (Å²) in [5, 5.41) is 6.92. The summed E-state index contributed by atoms with van der Waals surface area (Å²) < 4.78 is 7.32. The Morgan fingerprint density at radius 3 is 2.70 bits per heavy atom. The zero-order chi connectivity index (χ0) is 14.4. The van der Waals surface area contributed by atoms with Crippen LogP contribution in [0.1, 0.15) is 19.9 Å². The van der Waals surface area contributed by atoms with E-state index in [1.807, 2.05) is 44.2 Å². The van der Waals surface area contributed by atoms with Gasteiger partial charge in [0.1, 0.15) is 17.9 Å². The van der Waals surface area contributed by atoms with Crippen molar-refractivity contribution in [3.05, 3.63) is 48.8 Å². The van der Waals surface area contributed by atoms with Crippen molar-refractivity contribution < 1.29 is 9.53 Å². The molecule has 1 amide bonds. The third-order valence-corrected chi connectivity index (χ3v) is 2.95. The highest BCUT2D eigenvalue weighted by molar-refractivity contribution is 5.79. The van der Waals surface area contributed by atoms with Crippen molar-refractivity contribution >= 4 is 5.91 Å². The molecule has 0 aliphatic rings. The highest BCUT2D eigenvalue weighted by Gasteiger charge is 2.15. The highest BCUT2D eigenvalue weighted by Crippen LogP contribution is 2.10. The first-order valence-electron chi connectivity index (χ1n) is 6.65. The molecule has 5 heteroatoms. The Labute approximate surface area is 118 Å². The molecule has 0 fully saturated rings. The highest BCUT2D eigenvalue weighted by atomic mass is 16.5. The quantitative estimate of drug-likeness (QED) is 0.876. The van der Waals surface area contributed by atoms with Gasteiger partial charge in [-0.3, -0.25) is 9.48 Å². The molecule has 20 heavy (non-hydrogen) atoms. The van der Waals surface area contributed by atoms with Gasteiger partial charge in [0.2, 0.25) is 5.91 Å². The van der Waals surface area contributed by atoms with E-state index in [0.717, 1.165) is 5.75 Å². The minimum Gasteiger partial charge on any atom is -0.489 e.